The summed E-state index contributed by atoms with van der Waals surface area (Å²) in [7, 11) is 0. The van der Waals surface area contributed by atoms with Gasteiger partial charge in [-0.25, -0.2) is 4.79 Å². The SMILES string of the molecule is O=C(O)c1ccc(-c2ccc(C=C3SC(=O)N(Cc4ccccc4)C3=S)o2)cc1. The van der Waals surface area contributed by atoms with Crippen LogP contribution in [0.4, 0.5) is 4.79 Å². The van der Waals surface area contributed by atoms with Gasteiger partial charge in [0.15, 0.2) is 0 Å². The van der Waals surface area contributed by atoms with Crippen LogP contribution in [0.3, 0.4) is 0 Å². The number of rotatable bonds is 5. The predicted octanol–water partition coefficient (Wildman–Crippen LogP) is 5.68. The lowest BCUT2D eigenvalue weighted by atomic mass is 10.1. The van der Waals surface area contributed by atoms with Gasteiger partial charge in [-0.15, -0.1) is 0 Å². The van der Waals surface area contributed by atoms with Crippen LogP contribution in [0, 0.1) is 0 Å². The molecule has 0 aliphatic carbocycles. The summed E-state index contributed by atoms with van der Waals surface area (Å²) in [5, 5.41) is 8.88. The van der Waals surface area contributed by atoms with Crippen molar-refractivity contribution in [1.29, 1.82) is 0 Å². The summed E-state index contributed by atoms with van der Waals surface area (Å²) in [4.78, 5) is 26.1. The number of hydrogen-bond donors (Lipinski definition) is 1. The zero-order valence-electron chi connectivity index (χ0n) is 15.1. The minimum atomic E-state index is -0.974. The van der Waals surface area contributed by atoms with Crippen LogP contribution in [0.2, 0.25) is 0 Å². The fourth-order valence-corrected chi connectivity index (χ4v) is 4.11. The van der Waals surface area contributed by atoms with Crippen molar-refractivity contribution in [3.8, 4) is 11.3 Å². The molecule has 1 aliphatic rings. The average molecular weight is 421 g/mol. The maximum Gasteiger partial charge on any atom is 0.335 e. The first-order chi connectivity index (χ1) is 14.0. The van der Waals surface area contributed by atoms with Gasteiger partial charge in [-0.2, -0.15) is 0 Å². The number of hydrogen-bond acceptors (Lipinski definition) is 5. The molecular formula is C22H15NO4S2. The zero-order valence-corrected chi connectivity index (χ0v) is 16.7. The van der Waals surface area contributed by atoms with Crippen LogP contribution in [0.15, 0.2) is 76.1 Å². The summed E-state index contributed by atoms with van der Waals surface area (Å²) in [6, 6.07) is 19.7. The quantitative estimate of drug-likeness (QED) is 0.422. The largest absolute Gasteiger partial charge is 0.478 e. The minimum Gasteiger partial charge on any atom is -0.478 e. The highest BCUT2D eigenvalue weighted by molar-refractivity contribution is 8.19. The third-order valence-corrected chi connectivity index (χ3v) is 5.87. The van der Waals surface area contributed by atoms with Gasteiger partial charge in [-0.3, -0.25) is 9.69 Å². The molecule has 1 aliphatic heterocycles. The molecule has 0 radical (unpaired) electrons. The zero-order chi connectivity index (χ0) is 20.4. The number of thioether (sulfide) groups is 1. The first-order valence-electron chi connectivity index (χ1n) is 8.74. The summed E-state index contributed by atoms with van der Waals surface area (Å²) in [5.41, 5.74) is 1.99. The Balaban J connectivity index is 1.52. The number of carbonyl (C=O) groups excluding carboxylic acids is 1. The van der Waals surface area contributed by atoms with E-state index in [1.165, 1.54) is 12.1 Å². The molecule has 0 saturated carbocycles. The van der Waals surface area contributed by atoms with Crippen molar-refractivity contribution < 1.29 is 19.1 Å². The van der Waals surface area contributed by atoms with E-state index < -0.39 is 5.97 Å². The summed E-state index contributed by atoms with van der Waals surface area (Å²) >= 11 is 6.58. The molecule has 1 fully saturated rings. The molecule has 5 nitrogen and oxygen atoms in total. The van der Waals surface area contributed by atoms with Gasteiger partial charge in [0.2, 0.25) is 0 Å². The van der Waals surface area contributed by atoms with Gasteiger partial charge in [-0.05, 0) is 47.7 Å². The number of amides is 1. The molecule has 29 heavy (non-hydrogen) atoms. The van der Waals surface area contributed by atoms with E-state index in [2.05, 4.69) is 0 Å². The van der Waals surface area contributed by atoms with Gasteiger partial charge in [0.1, 0.15) is 16.5 Å². The van der Waals surface area contributed by atoms with Crippen LogP contribution >= 0.6 is 24.0 Å². The van der Waals surface area contributed by atoms with Crippen LogP contribution in [0.5, 0.6) is 0 Å². The van der Waals surface area contributed by atoms with E-state index in [9.17, 15) is 9.59 Å². The van der Waals surface area contributed by atoms with Crippen molar-refractivity contribution in [2.75, 3.05) is 0 Å². The third-order valence-electron chi connectivity index (χ3n) is 4.37. The Bertz CT molecular complexity index is 1120. The van der Waals surface area contributed by atoms with Crippen molar-refractivity contribution in [3.05, 3.63) is 88.5 Å². The van der Waals surface area contributed by atoms with E-state index in [1.54, 1.807) is 35.2 Å². The summed E-state index contributed by atoms with van der Waals surface area (Å²) in [6.45, 7) is 0.433. The van der Waals surface area contributed by atoms with Crippen LogP contribution < -0.4 is 0 Å². The van der Waals surface area contributed by atoms with Crippen LogP contribution in [0.25, 0.3) is 17.4 Å². The van der Waals surface area contributed by atoms with Crippen LogP contribution in [-0.2, 0) is 6.54 Å². The van der Waals surface area contributed by atoms with Crippen molar-refractivity contribution in [2.24, 2.45) is 0 Å². The Morgan fingerprint density at radius 2 is 1.79 bits per heavy atom. The lowest BCUT2D eigenvalue weighted by molar-refractivity contribution is 0.0697. The average Bonchev–Trinajstić information content (AvgIpc) is 3.29. The van der Waals surface area contributed by atoms with Crippen molar-refractivity contribution in [3.63, 3.8) is 0 Å². The molecule has 1 aromatic heterocycles. The number of aromatic carboxylic acids is 1. The van der Waals surface area contributed by atoms with Crippen molar-refractivity contribution in [1.82, 2.24) is 4.90 Å². The van der Waals surface area contributed by atoms with Crippen LogP contribution in [0.1, 0.15) is 21.7 Å². The third kappa shape index (κ3) is 4.16. The van der Waals surface area contributed by atoms with E-state index in [4.69, 9.17) is 21.7 Å². The highest BCUT2D eigenvalue weighted by Crippen LogP contribution is 2.35. The van der Waals surface area contributed by atoms with E-state index in [0.717, 1.165) is 22.9 Å². The summed E-state index contributed by atoms with van der Waals surface area (Å²) in [5.74, 6) is 0.203. The second kappa shape index (κ2) is 8.06. The Hall–Kier alpha value is -3.16. The summed E-state index contributed by atoms with van der Waals surface area (Å²) in [6.07, 6.45) is 1.75. The lowest BCUT2D eigenvalue weighted by Crippen LogP contribution is -2.26. The van der Waals surface area contributed by atoms with Gasteiger partial charge in [0.25, 0.3) is 5.24 Å². The molecule has 0 unspecified atom stereocenters. The number of nitrogens with zero attached hydrogens (tertiary/aromatic N) is 1. The van der Waals surface area contributed by atoms with Gasteiger partial charge < -0.3 is 9.52 Å². The number of carboxylic acids is 1. The highest BCUT2D eigenvalue weighted by Gasteiger charge is 2.31. The molecule has 144 valence electrons. The molecular weight excluding hydrogens is 406 g/mol. The van der Waals surface area contributed by atoms with E-state index in [0.29, 0.717) is 28.0 Å². The monoisotopic (exact) mass is 421 g/mol. The normalized spacial score (nSPS) is 15.3. The summed E-state index contributed by atoms with van der Waals surface area (Å²) < 4.78 is 5.84. The van der Waals surface area contributed by atoms with E-state index in [1.807, 2.05) is 30.3 Å². The van der Waals surface area contributed by atoms with E-state index in [-0.39, 0.29) is 10.8 Å². The molecule has 0 bridgehead atoms. The fraction of sp³-hybridized carbons (Fsp3) is 0.0455. The molecule has 2 heterocycles. The number of carboxylic acid groups (broad SMARTS) is 1. The maximum atomic E-state index is 12.4. The molecule has 3 aromatic rings. The first kappa shape index (κ1) is 19.2. The van der Waals surface area contributed by atoms with E-state index >= 15 is 0 Å². The van der Waals surface area contributed by atoms with Gasteiger partial charge in [-0.1, -0.05) is 54.7 Å². The molecule has 1 saturated heterocycles. The second-order valence-electron chi connectivity index (χ2n) is 6.34. The Kier molecular flexibility index (Phi) is 5.33. The molecule has 4 rings (SSSR count). The number of furan rings is 1. The standard InChI is InChI=1S/C22H15NO4S2/c24-21(25)16-8-6-15(7-9-16)18-11-10-17(27-18)12-19-20(28)23(22(26)29-19)13-14-4-2-1-3-5-14/h1-12H,13H2,(H,24,25). The highest BCUT2D eigenvalue weighted by atomic mass is 32.2. The smallest absolute Gasteiger partial charge is 0.335 e. The van der Waals surface area contributed by atoms with Gasteiger partial charge in [0.05, 0.1) is 17.0 Å². The minimum absolute atomic E-state index is 0.110. The molecule has 1 amide bonds. The second-order valence-corrected chi connectivity index (χ2v) is 7.72. The Labute approximate surface area is 176 Å². The van der Waals surface area contributed by atoms with Gasteiger partial charge >= 0.3 is 5.97 Å². The van der Waals surface area contributed by atoms with Crippen LogP contribution in [-0.4, -0.2) is 26.2 Å². The fourth-order valence-electron chi connectivity index (χ4n) is 2.89. The molecule has 7 heteroatoms. The lowest BCUT2D eigenvalue weighted by Gasteiger charge is -2.14. The molecule has 2 aromatic carbocycles. The molecule has 0 spiro atoms. The Morgan fingerprint density at radius 1 is 1.07 bits per heavy atom. The number of benzene rings is 2. The maximum absolute atomic E-state index is 12.4. The first-order valence-corrected chi connectivity index (χ1v) is 9.96. The van der Waals surface area contributed by atoms with Crippen molar-refractivity contribution >= 4 is 46.3 Å². The predicted molar refractivity (Wildman–Crippen MR) is 117 cm³/mol. The molecule has 1 N–H and O–H groups in total. The number of carbonyl (C=O) groups is 2. The Morgan fingerprint density at radius 3 is 2.48 bits per heavy atom. The number of thiocarbonyl (C=S) groups is 1. The molecule has 0 atom stereocenters. The van der Waals surface area contributed by atoms with Gasteiger partial charge in [0, 0.05) is 5.56 Å². The topological polar surface area (TPSA) is 70.8 Å². The van der Waals surface area contributed by atoms with Crippen molar-refractivity contribution in [2.45, 2.75) is 6.54 Å².